The number of fused-ring (bicyclic) bond motifs is 4. The van der Waals surface area contributed by atoms with Crippen molar-refractivity contribution in [3.63, 3.8) is 0 Å². The second-order valence-electron chi connectivity index (χ2n) is 21.7. The number of aromatic nitrogens is 8. The first kappa shape index (κ1) is 70.4. The average Bonchev–Trinajstić information content (AvgIpc) is 1.38. The molecule has 8 saturated heterocycles. The van der Waals surface area contributed by atoms with E-state index in [9.17, 15) is 38.4 Å². The number of carbonyl (C=O) groups excluding carboxylic acids is 4. The topological polar surface area (TPSA) is 377 Å². The Labute approximate surface area is 516 Å². The predicted molar refractivity (Wildman–Crippen MR) is 307 cm³/mol. The minimum Gasteiger partial charge on any atom is -0.464 e. The van der Waals surface area contributed by atoms with Gasteiger partial charge in [-0.15, -0.1) is 0 Å². The standard InChI is InChI=1S/2C14H18N2O6.2C9H16O3.2C6H6N2O3/c2*1-8-20-7-11-10(22-8)5-9(6-21-11)16-4-3-15-12(13(16)17)14(18)19-2;2*1-6-3-8-9(11-4-6)5-10-7(2)12-8;2*1-11-6(10)4-5(9)8-3-2-7-4/h2*3-4,8-11H,5-7H2,1-2H3;2*6-9H,3-5H2,1-2H3;2*2-3H,1H3,(H,8,9)/t8?,9-,10+,11+;8?,9-,10+,11-;6-,7?,8-,9+;6-,7?,8-,9-;;/m0101../s1. The molecule has 16 atom stereocenters. The largest absolute Gasteiger partial charge is 0.464 e. The minimum absolute atomic E-state index is 0.0554. The van der Waals surface area contributed by atoms with E-state index < -0.39 is 46.1 Å². The van der Waals surface area contributed by atoms with Gasteiger partial charge in [-0.05, 0) is 65.2 Å². The van der Waals surface area contributed by atoms with Gasteiger partial charge >= 0.3 is 23.9 Å². The Bertz CT molecular complexity index is 2980. The van der Waals surface area contributed by atoms with Crippen molar-refractivity contribution in [3.8, 4) is 0 Å². The molecular weight excluding hydrogens is 1190 g/mol. The molecule has 0 radical (unpaired) electrons. The van der Waals surface area contributed by atoms with Gasteiger partial charge in [-0.2, -0.15) is 0 Å². The number of methoxy groups -OCH3 is 4. The summed E-state index contributed by atoms with van der Waals surface area (Å²) in [5.41, 5.74) is -2.96. The number of rotatable bonds is 6. The molecule has 0 aliphatic carbocycles. The number of hydrogen-bond acceptors (Lipinski definition) is 28. The molecule has 12 rings (SSSR count). The predicted octanol–water partition coefficient (Wildman–Crippen LogP) is 1.70. The number of aromatic amines is 2. The minimum atomic E-state index is -0.745. The molecule has 496 valence electrons. The molecule has 8 fully saturated rings. The maximum Gasteiger partial charge on any atom is 0.362 e. The lowest BCUT2D eigenvalue weighted by molar-refractivity contribution is -0.272. The molecule has 0 aromatic carbocycles. The molecule has 0 bridgehead atoms. The number of nitrogens with one attached hydrogen (secondary N) is 2. The Hall–Kier alpha value is -7.08. The number of esters is 4. The molecule has 4 aromatic rings. The summed E-state index contributed by atoms with van der Waals surface area (Å²) in [6.45, 7) is 16.7. The van der Waals surface area contributed by atoms with E-state index >= 15 is 0 Å². The van der Waals surface area contributed by atoms with E-state index in [-0.39, 0.29) is 109 Å². The Morgan fingerprint density at radius 3 is 0.989 bits per heavy atom. The molecule has 90 heavy (non-hydrogen) atoms. The fourth-order valence-corrected chi connectivity index (χ4v) is 10.4. The van der Waals surface area contributed by atoms with Crippen LogP contribution in [-0.2, 0) is 75.8 Å². The molecule has 0 saturated carbocycles. The highest BCUT2D eigenvalue weighted by Crippen LogP contribution is 2.32. The van der Waals surface area contributed by atoms with Crippen molar-refractivity contribution < 1.29 is 95.0 Å². The van der Waals surface area contributed by atoms with Crippen molar-refractivity contribution in [1.29, 1.82) is 0 Å². The molecule has 32 nitrogen and oxygen atoms in total. The highest BCUT2D eigenvalue weighted by atomic mass is 16.7. The second-order valence-corrected chi connectivity index (χ2v) is 21.7. The van der Waals surface area contributed by atoms with Gasteiger partial charge in [0.15, 0.2) is 25.2 Å². The summed E-state index contributed by atoms with van der Waals surface area (Å²) >= 11 is 0. The third kappa shape index (κ3) is 19.5. The number of nitrogens with zero attached hydrogens (tertiary/aromatic N) is 6. The number of hydrogen-bond donors (Lipinski definition) is 2. The summed E-state index contributed by atoms with van der Waals surface area (Å²) in [4.78, 5) is 110. The molecule has 0 amide bonds. The van der Waals surface area contributed by atoms with Gasteiger partial charge in [-0.1, -0.05) is 13.8 Å². The van der Waals surface area contributed by atoms with E-state index in [2.05, 4.69) is 62.7 Å². The number of carbonyl (C=O) groups is 4. The van der Waals surface area contributed by atoms with E-state index in [1.807, 2.05) is 27.7 Å². The van der Waals surface area contributed by atoms with Gasteiger partial charge in [0.1, 0.15) is 24.4 Å². The van der Waals surface area contributed by atoms with Gasteiger partial charge in [0.05, 0.1) is 105 Å². The van der Waals surface area contributed by atoms with Crippen LogP contribution in [-0.4, -0.2) is 218 Å². The lowest BCUT2D eigenvalue weighted by atomic mass is 9.97. The average molecular weight is 1270 g/mol. The molecule has 32 heteroatoms. The number of ether oxygens (including phenoxy) is 16. The third-order valence-electron chi connectivity index (χ3n) is 15.0. The van der Waals surface area contributed by atoms with Crippen molar-refractivity contribution in [2.24, 2.45) is 11.8 Å². The van der Waals surface area contributed by atoms with E-state index in [1.54, 1.807) is 12.4 Å². The van der Waals surface area contributed by atoms with Crippen LogP contribution in [0.3, 0.4) is 0 Å². The molecule has 0 spiro atoms. The zero-order valence-electron chi connectivity index (χ0n) is 51.8. The van der Waals surface area contributed by atoms with Gasteiger partial charge in [-0.25, -0.2) is 39.1 Å². The van der Waals surface area contributed by atoms with Crippen LogP contribution in [0.1, 0.15) is 121 Å². The van der Waals surface area contributed by atoms with Crippen LogP contribution in [0, 0.1) is 11.8 Å². The maximum absolute atomic E-state index is 12.4. The van der Waals surface area contributed by atoms with E-state index in [0.29, 0.717) is 64.3 Å². The first-order chi connectivity index (χ1) is 43.2. The molecule has 4 unspecified atom stereocenters. The van der Waals surface area contributed by atoms with Gasteiger partial charge in [-0.3, -0.25) is 19.2 Å². The summed E-state index contributed by atoms with van der Waals surface area (Å²) in [6.07, 6.45) is 14.4. The van der Waals surface area contributed by atoms with Crippen LogP contribution in [0.2, 0.25) is 0 Å². The van der Waals surface area contributed by atoms with Gasteiger partial charge in [0, 0.05) is 62.8 Å². The number of H-pyrrole nitrogens is 2. The van der Waals surface area contributed by atoms with Crippen LogP contribution in [0.5, 0.6) is 0 Å². The van der Waals surface area contributed by atoms with Crippen LogP contribution in [0.4, 0.5) is 0 Å². The lowest BCUT2D eigenvalue weighted by Crippen LogP contribution is -2.50. The molecule has 8 aliphatic heterocycles. The Kier molecular flexibility index (Phi) is 26.9. The van der Waals surface area contributed by atoms with Crippen LogP contribution in [0.15, 0.2) is 68.8 Å². The van der Waals surface area contributed by atoms with Crippen molar-refractivity contribution in [2.75, 3.05) is 81.3 Å². The van der Waals surface area contributed by atoms with E-state index in [4.69, 9.17) is 56.8 Å². The summed E-state index contributed by atoms with van der Waals surface area (Å²) in [7, 11) is 4.81. The molecular formula is C58H80N8O24. The van der Waals surface area contributed by atoms with Crippen molar-refractivity contribution >= 4 is 23.9 Å². The fraction of sp³-hybridized carbons (Fsp3) is 0.655. The summed E-state index contributed by atoms with van der Waals surface area (Å²) in [6, 6.07) is -0.434. The van der Waals surface area contributed by atoms with Crippen LogP contribution >= 0.6 is 0 Å². The van der Waals surface area contributed by atoms with E-state index in [1.165, 1.54) is 74.8 Å². The quantitative estimate of drug-likeness (QED) is 0.205. The fourth-order valence-electron chi connectivity index (χ4n) is 10.4. The van der Waals surface area contributed by atoms with E-state index in [0.717, 1.165) is 26.1 Å². The second kappa shape index (κ2) is 34.4. The van der Waals surface area contributed by atoms with Crippen LogP contribution < -0.4 is 22.2 Å². The molecule has 12 heterocycles. The summed E-state index contributed by atoms with van der Waals surface area (Å²) < 4.78 is 87.4. The van der Waals surface area contributed by atoms with Crippen molar-refractivity contribution in [1.82, 2.24) is 39.0 Å². The summed E-state index contributed by atoms with van der Waals surface area (Å²) in [5, 5.41) is 0. The summed E-state index contributed by atoms with van der Waals surface area (Å²) in [5.74, 6) is -1.71. The molecule has 4 aromatic heterocycles. The first-order valence-electron chi connectivity index (χ1n) is 29.3. The Morgan fingerprint density at radius 2 is 0.678 bits per heavy atom. The van der Waals surface area contributed by atoms with Crippen LogP contribution in [0.25, 0.3) is 0 Å². The zero-order valence-corrected chi connectivity index (χ0v) is 51.8. The van der Waals surface area contributed by atoms with Gasteiger partial charge in [0.25, 0.3) is 22.2 Å². The maximum atomic E-state index is 12.4. The Balaban J connectivity index is 0.000000158. The van der Waals surface area contributed by atoms with Gasteiger partial charge in [0.2, 0.25) is 22.8 Å². The SMILES string of the molecule is CC1OC[C@H]2OC[C@@H](C)C[C@@H]2O1.CC1OC[C@H]2OC[C@H](C)C[C@H]2O1.COC(=O)c1ncc[nH]c1=O.COC(=O)c1ncc[nH]c1=O.COC(=O)c1nccn([C@@H]2CO[C@@H]3COC(C)O[C@@H]3C2)c1=O.COC(=O)c1nccn([C@H]2CO[C@@H]3COC(C)O[C@H]3C2)c1=O. The van der Waals surface area contributed by atoms with Crippen molar-refractivity contribution in [3.05, 3.63) is 114 Å². The highest BCUT2D eigenvalue weighted by molar-refractivity contribution is 5.87. The monoisotopic (exact) mass is 1270 g/mol. The smallest absolute Gasteiger partial charge is 0.362 e. The lowest BCUT2D eigenvalue weighted by Gasteiger charge is -2.41. The normalized spacial score (nSPS) is 30.5. The molecule has 2 N–H and O–H groups in total. The van der Waals surface area contributed by atoms with Gasteiger partial charge < -0.3 is 94.9 Å². The Morgan fingerprint density at radius 1 is 0.389 bits per heavy atom. The first-order valence-corrected chi connectivity index (χ1v) is 29.3. The van der Waals surface area contributed by atoms with Crippen molar-refractivity contribution in [2.45, 2.75) is 153 Å². The highest BCUT2D eigenvalue weighted by Gasteiger charge is 2.41. The molecule has 8 aliphatic rings. The third-order valence-corrected chi connectivity index (χ3v) is 15.0. The zero-order chi connectivity index (χ0) is 65.0.